The van der Waals surface area contributed by atoms with Crippen LogP contribution in [0.2, 0.25) is 0 Å². The van der Waals surface area contributed by atoms with Gasteiger partial charge in [0.1, 0.15) is 5.75 Å². The number of hydrogen-bond acceptors (Lipinski definition) is 5. The fourth-order valence-electron chi connectivity index (χ4n) is 4.03. The summed E-state index contributed by atoms with van der Waals surface area (Å²) >= 11 is 0. The van der Waals surface area contributed by atoms with Gasteiger partial charge in [0.05, 0.1) is 11.6 Å². The van der Waals surface area contributed by atoms with Gasteiger partial charge in [-0.25, -0.2) is 9.97 Å². The summed E-state index contributed by atoms with van der Waals surface area (Å²) in [5, 5.41) is 16.8. The molecule has 0 aliphatic carbocycles. The van der Waals surface area contributed by atoms with Gasteiger partial charge >= 0.3 is 0 Å². The second kappa shape index (κ2) is 10.4. The summed E-state index contributed by atoms with van der Waals surface area (Å²) in [6, 6.07) is 22.7. The van der Waals surface area contributed by atoms with E-state index in [1.807, 2.05) is 56.3 Å². The Morgan fingerprint density at radius 2 is 1.57 bits per heavy atom. The van der Waals surface area contributed by atoms with Crippen LogP contribution in [0.4, 0.5) is 11.6 Å². The lowest BCUT2D eigenvalue weighted by molar-refractivity contribution is 0.0934. The summed E-state index contributed by atoms with van der Waals surface area (Å²) in [5.74, 6) is -0.00350. The molecule has 0 fully saturated rings. The van der Waals surface area contributed by atoms with Crippen LogP contribution in [-0.4, -0.2) is 21.0 Å². The number of nitrogens with zero attached hydrogens (tertiary/aromatic N) is 2. The highest BCUT2D eigenvalue weighted by Gasteiger charge is 2.20. The van der Waals surface area contributed by atoms with E-state index in [4.69, 9.17) is 0 Å². The quantitative estimate of drug-likeness (QED) is 0.296. The number of phenolic OH excluding ortho intramolecular Hbond substituents is 1. The highest BCUT2D eigenvalue weighted by molar-refractivity contribution is 5.98. The van der Waals surface area contributed by atoms with Crippen molar-refractivity contribution < 1.29 is 9.90 Å². The van der Waals surface area contributed by atoms with Crippen molar-refractivity contribution in [3.8, 4) is 5.75 Å². The fourth-order valence-corrected chi connectivity index (χ4v) is 4.03. The first-order valence-corrected chi connectivity index (χ1v) is 11.6. The zero-order chi connectivity index (χ0) is 24.9. The second-order valence-corrected chi connectivity index (χ2v) is 8.89. The largest absolute Gasteiger partial charge is 0.507 e. The molecule has 3 aromatic carbocycles. The van der Waals surface area contributed by atoms with Crippen molar-refractivity contribution >= 4 is 17.5 Å². The maximum atomic E-state index is 13.4. The van der Waals surface area contributed by atoms with Crippen LogP contribution in [0.25, 0.3) is 0 Å². The Balaban J connectivity index is 1.61. The van der Waals surface area contributed by atoms with E-state index in [0.717, 1.165) is 28.1 Å². The van der Waals surface area contributed by atoms with Crippen molar-refractivity contribution in [3.05, 3.63) is 112 Å². The normalized spacial score (nSPS) is 11.7. The summed E-state index contributed by atoms with van der Waals surface area (Å²) in [4.78, 5) is 22.2. The van der Waals surface area contributed by atoms with Gasteiger partial charge in [-0.1, -0.05) is 48.5 Å². The number of carbonyl (C=O) groups is 1. The van der Waals surface area contributed by atoms with E-state index >= 15 is 0 Å². The van der Waals surface area contributed by atoms with Gasteiger partial charge < -0.3 is 15.7 Å². The van der Waals surface area contributed by atoms with Crippen molar-refractivity contribution in [1.29, 1.82) is 0 Å². The molecule has 0 aliphatic heterocycles. The van der Waals surface area contributed by atoms with Crippen molar-refractivity contribution in [2.24, 2.45) is 0 Å². The van der Waals surface area contributed by atoms with E-state index in [-0.39, 0.29) is 23.3 Å². The van der Waals surface area contributed by atoms with Gasteiger partial charge in [-0.05, 0) is 80.6 Å². The molecule has 3 N–H and O–H groups in total. The molecule has 35 heavy (non-hydrogen) atoms. The number of aryl methyl sites for hydroxylation is 4. The third-order valence-electron chi connectivity index (χ3n) is 6.00. The predicted molar refractivity (Wildman–Crippen MR) is 139 cm³/mol. The molecule has 0 saturated carbocycles. The van der Waals surface area contributed by atoms with Gasteiger partial charge in [-0.3, -0.25) is 4.79 Å². The summed E-state index contributed by atoms with van der Waals surface area (Å²) in [5.41, 5.74) is 6.97. The Morgan fingerprint density at radius 3 is 2.26 bits per heavy atom. The zero-order valence-electron chi connectivity index (χ0n) is 20.5. The molecule has 1 heterocycles. The van der Waals surface area contributed by atoms with Gasteiger partial charge in [0.15, 0.2) is 0 Å². The smallest absolute Gasteiger partial charge is 0.255 e. The Hall–Kier alpha value is -4.19. The molecule has 0 radical (unpaired) electrons. The molecule has 4 aromatic rings. The number of benzene rings is 3. The molecule has 0 saturated heterocycles. The van der Waals surface area contributed by atoms with Gasteiger partial charge in [0, 0.05) is 17.1 Å². The third kappa shape index (κ3) is 6.03. The summed E-state index contributed by atoms with van der Waals surface area (Å²) in [6.07, 6.45) is 0.629. The highest BCUT2D eigenvalue weighted by atomic mass is 16.3. The Morgan fingerprint density at radius 1 is 0.857 bits per heavy atom. The van der Waals surface area contributed by atoms with Crippen LogP contribution in [-0.2, 0) is 6.42 Å². The number of carbonyl (C=O) groups excluding carboxylic acids is 1. The van der Waals surface area contributed by atoms with Crippen molar-refractivity contribution in [2.45, 2.75) is 40.2 Å². The van der Waals surface area contributed by atoms with E-state index in [9.17, 15) is 9.90 Å². The third-order valence-corrected chi connectivity index (χ3v) is 6.00. The number of phenols is 1. The molecule has 4 rings (SSSR count). The minimum absolute atomic E-state index is 0.0899. The topological polar surface area (TPSA) is 87.1 Å². The SMILES string of the molecule is Cc1cc(C)nc(Nc2ccc(O)c(C(=O)NC(Cc3ccccc3)c3ccc(C)c(C)c3)c2)n1. The van der Waals surface area contributed by atoms with Crippen LogP contribution in [0.1, 0.15) is 50.0 Å². The minimum Gasteiger partial charge on any atom is -0.507 e. The molecular weight excluding hydrogens is 436 g/mol. The maximum Gasteiger partial charge on any atom is 0.255 e. The summed E-state index contributed by atoms with van der Waals surface area (Å²) < 4.78 is 0. The number of nitrogens with one attached hydrogen (secondary N) is 2. The Labute approximate surface area is 206 Å². The maximum absolute atomic E-state index is 13.4. The molecule has 6 heteroatoms. The van der Waals surface area contributed by atoms with Gasteiger partial charge in [-0.15, -0.1) is 0 Å². The first-order chi connectivity index (χ1) is 16.8. The summed E-state index contributed by atoms with van der Waals surface area (Å²) in [6.45, 7) is 7.93. The number of hydrogen-bond donors (Lipinski definition) is 3. The predicted octanol–water partition coefficient (Wildman–Crippen LogP) is 5.87. The number of anilines is 2. The molecule has 0 spiro atoms. The van der Waals surface area contributed by atoms with Crippen molar-refractivity contribution in [2.75, 3.05) is 5.32 Å². The molecule has 178 valence electrons. The van der Waals surface area contributed by atoms with Crippen LogP contribution < -0.4 is 10.6 Å². The Kier molecular flexibility index (Phi) is 7.11. The van der Waals surface area contributed by atoms with Crippen molar-refractivity contribution in [1.82, 2.24) is 15.3 Å². The van der Waals surface area contributed by atoms with Gasteiger partial charge in [0.2, 0.25) is 5.95 Å². The first-order valence-electron chi connectivity index (χ1n) is 11.6. The molecule has 6 nitrogen and oxygen atoms in total. The van der Waals surface area contributed by atoms with E-state index in [0.29, 0.717) is 18.1 Å². The second-order valence-electron chi connectivity index (χ2n) is 8.89. The van der Waals surface area contributed by atoms with Gasteiger partial charge in [-0.2, -0.15) is 0 Å². The lowest BCUT2D eigenvalue weighted by Gasteiger charge is -2.21. The molecule has 0 bridgehead atoms. The summed E-state index contributed by atoms with van der Waals surface area (Å²) in [7, 11) is 0. The van der Waals surface area contributed by atoms with Crippen LogP contribution in [0.15, 0.2) is 72.8 Å². The van der Waals surface area contributed by atoms with Crippen LogP contribution in [0.3, 0.4) is 0 Å². The molecule has 1 atom stereocenters. The standard InChI is InChI=1S/C29H30N4O2/c1-18-10-11-23(14-19(18)2)26(16-22-8-6-5-7-9-22)33-28(35)25-17-24(12-13-27(25)34)32-29-30-20(3)15-21(4)31-29/h5-15,17,26,34H,16H2,1-4H3,(H,33,35)(H,30,31,32). The molecule has 1 amide bonds. The van der Waals surface area contributed by atoms with E-state index in [1.54, 1.807) is 12.1 Å². The lowest BCUT2D eigenvalue weighted by atomic mass is 9.95. The van der Waals surface area contributed by atoms with E-state index in [2.05, 4.69) is 46.6 Å². The van der Waals surface area contributed by atoms with Crippen LogP contribution in [0.5, 0.6) is 5.75 Å². The van der Waals surface area contributed by atoms with E-state index < -0.39 is 0 Å². The monoisotopic (exact) mass is 466 g/mol. The van der Waals surface area contributed by atoms with Crippen LogP contribution >= 0.6 is 0 Å². The fraction of sp³-hybridized carbons (Fsp3) is 0.207. The molecule has 1 unspecified atom stereocenters. The average molecular weight is 467 g/mol. The highest BCUT2D eigenvalue weighted by Crippen LogP contribution is 2.26. The Bertz CT molecular complexity index is 1330. The number of amides is 1. The van der Waals surface area contributed by atoms with Gasteiger partial charge in [0.25, 0.3) is 5.91 Å². The lowest BCUT2D eigenvalue weighted by Crippen LogP contribution is -2.30. The molecule has 1 aromatic heterocycles. The number of rotatable bonds is 7. The molecular formula is C29H30N4O2. The number of aromatic nitrogens is 2. The zero-order valence-corrected chi connectivity index (χ0v) is 20.5. The first kappa shape index (κ1) is 24.0. The van der Waals surface area contributed by atoms with E-state index in [1.165, 1.54) is 11.6 Å². The minimum atomic E-state index is -0.355. The molecule has 0 aliphatic rings. The van der Waals surface area contributed by atoms with Crippen LogP contribution in [0, 0.1) is 27.7 Å². The van der Waals surface area contributed by atoms with Crippen molar-refractivity contribution in [3.63, 3.8) is 0 Å². The average Bonchev–Trinajstić information content (AvgIpc) is 2.81. The number of aromatic hydroxyl groups is 1.